The Labute approximate surface area is 103 Å². The first-order valence-electron chi connectivity index (χ1n) is 5.22. The molecular formula is C13H10N2OS. The molecule has 4 heteroatoms. The van der Waals surface area contributed by atoms with Crippen LogP contribution in [0.4, 0.5) is 0 Å². The minimum absolute atomic E-state index is 0.841. The summed E-state index contributed by atoms with van der Waals surface area (Å²) in [6.45, 7) is 0. The molecule has 0 aliphatic carbocycles. The lowest BCUT2D eigenvalue weighted by Crippen LogP contribution is -1.90. The van der Waals surface area contributed by atoms with Gasteiger partial charge in [0.05, 0.1) is 28.7 Å². The van der Waals surface area contributed by atoms with Gasteiger partial charge in [-0.2, -0.15) is 0 Å². The molecule has 0 saturated heterocycles. The van der Waals surface area contributed by atoms with E-state index in [9.17, 15) is 0 Å². The molecule has 0 spiro atoms. The standard InChI is InChI=1S/C13H10N2OS/c1-16-12-8-11(9-4-2-3-6-14-9)15-10-5-7-17-13(10)12/h2-8H,1H3. The molecule has 0 atom stereocenters. The number of pyridine rings is 2. The van der Waals surface area contributed by atoms with Gasteiger partial charge in [-0.1, -0.05) is 6.07 Å². The highest BCUT2D eigenvalue weighted by Crippen LogP contribution is 2.32. The van der Waals surface area contributed by atoms with Crippen LogP contribution in [0.2, 0.25) is 0 Å². The van der Waals surface area contributed by atoms with Crippen LogP contribution in [0.5, 0.6) is 5.75 Å². The number of thiophene rings is 1. The predicted octanol–water partition coefficient (Wildman–Crippen LogP) is 3.37. The summed E-state index contributed by atoms with van der Waals surface area (Å²) < 4.78 is 6.47. The molecule has 0 radical (unpaired) electrons. The maximum atomic E-state index is 5.39. The summed E-state index contributed by atoms with van der Waals surface area (Å²) in [6.07, 6.45) is 1.77. The fourth-order valence-corrected chi connectivity index (χ4v) is 2.55. The summed E-state index contributed by atoms with van der Waals surface area (Å²) >= 11 is 1.63. The molecule has 0 amide bonds. The van der Waals surface area contributed by atoms with Crippen molar-refractivity contribution in [2.45, 2.75) is 0 Å². The molecule has 17 heavy (non-hydrogen) atoms. The summed E-state index contributed by atoms with van der Waals surface area (Å²) in [5.41, 5.74) is 2.65. The van der Waals surface area contributed by atoms with Crippen LogP contribution in [0.25, 0.3) is 21.6 Å². The van der Waals surface area contributed by atoms with E-state index < -0.39 is 0 Å². The summed E-state index contributed by atoms with van der Waals surface area (Å²) in [5.74, 6) is 0.852. The summed E-state index contributed by atoms with van der Waals surface area (Å²) in [4.78, 5) is 8.88. The first-order chi connectivity index (χ1) is 8.38. The Bertz CT molecular complexity index is 649. The molecule has 3 rings (SSSR count). The van der Waals surface area contributed by atoms with Gasteiger partial charge in [0.1, 0.15) is 5.75 Å². The summed E-state index contributed by atoms with van der Waals surface area (Å²) in [5, 5.41) is 2.02. The number of nitrogens with zero attached hydrogens (tertiary/aromatic N) is 2. The lowest BCUT2D eigenvalue weighted by molar-refractivity contribution is 0.420. The van der Waals surface area contributed by atoms with E-state index >= 15 is 0 Å². The molecule has 0 bridgehead atoms. The number of aromatic nitrogens is 2. The molecule has 0 N–H and O–H groups in total. The lowest BCUT2D eigenvalue weighted by Gasteiger charge is -2.05. The molecule has 3 heterocycles. The van der Waals surface area contributed by atoms with Crippen LogP contribution in [-0.4, -0.2) is 17.1 Å². The number of fused-ring (bicyclic) bond motifs is 1. The van der Waals surface area contributed by atoms with E-state index in [0.29, 0.717) is 0 Å². The van der Waals surface area contributed by atoms with Gasteiger partial charge in [-0.3, -0.25) is 4.98 Å². The minimum atomic E-state index is 0.841. The normalized spacial score (nSPS) is 10.6. The maximum Gasteiger partial charge on any atom is 0.140 e. The molecule has 0 aliphatic rings. The molecule has 3 aromatic rings. The van der Waals surface area contributed by atoms with Crippen LogP contribution in [-0.2, 0) is 0 Å². The van der Waals surface area contributed by atoms with Gasteiger partial charge >= 0.3 is 0 Å². The quantitative estimate of drug-likeness (QED) is 0.691. The van der Waals surface area contributed by atoms with Crippen LogP contribution in [0.3, 0.4) is 0 Å². The largest absolute Gasteiger partial charge is 0.495 e. The van der Waals surface area contributed by atoms with Crippen molar-refractivity contribution in [3.63, 3.8) is 0 Å². The van der Waals surface area contributed by atoms with E-state index in [1.165, 1.54) is 0 Å². The highest BCUT2D eigenvalue weighted by molar-refractivity contribution is 7.17. The third kappa shape index (κ3) is 1.76. The third-order valence-corrected chi connectivity index (χ3v) is 3.44. The summed E-state index contributed by atoms with van der Waals surface area (Å²) in [7, 11) is 1.68. The van der Waals surface area contributed by atoms with E-state index in [0.717, 1.165) is 27.4 Å². The second-order valence-corrected chi connectivity index (χ2v) is 4.48. The molecule has 0 saturated carbocycles. The van der Waals surface area contributed by atoms with Crippen LogP contribution in [0.15, 0.2) is 41.9 Å². The highest BCUT2D eigenvalue weighted by atomic mass is 32.1. The molecule has 84 valence electrons. The number of hydrogen-bond donors (Lipinski definition) is 0. The third-order valence-electron chi connectivity index (χ3n) is 2.52. The fraction of sp³-hybridized carbons (Fsp3) is 0.0769. The average Bonchev–Trinajstić information content (AvgIpc) is 2.86. The van der Waals surface area contributed by atoms with E-state index in [2.05, 4.69) is 9.97 Å². The van der Waals surface area contributed by atoms with Crippen molar-refractivity contribution in [1.82, 2.24) is 9.97 Å². The van der Waals surface area contributed by atoms with Crippen LogP contribution < -0.4 is 4.74 Å². The van der Waals surface area contributed by atoms with Gasteiger partial charge in [0.25, 0.3) is 0 Å². The molecule has 3 aromatic heterocycles. The SMILES string of the molecule is COc1cc(-c2ccccn2)nc2ccsc12. The van der Waals surface area contributed by atoms with Gasteiger partial charge in [0.15, 0.2) is 0 Å². The van der Waals surface area contributed by atoms with Gasteiger partial charge in [-0.25, -0.2) is 4.98 Å². The number of rotatable bonds is 2. The van der Waals surface area contributed by atoms with E-state index in [4.69, 9.17) is 4.74 Å². The molecule has 0 fully saturated rings. The number of hydrogen-bond acceptors (Lipinski definition) is 4. The van der Waals surface area contributed by atoms with Crippen LogP contribution in [0.1, 0.15) is 0 Å². The Morgan fingerprint density at radius 3 is 2.88 bits per heavy atom. The van der Waals surface area contributed by atoms with Crippen LogP contribution >= 0.6 is 11.3 Å². The first kappa shape index (κ1) is 10.2. The van der Waals surface area contributed by atoms with Crippen molar-refractivity contribution >= 4 is 21.6 Å². The van der Waals surface area contributed by atoms with E-state index in [1.54, 1.807) is 24.6 Å². The fourth-order valence-electron chi connectivity index (χ4n) is 1.72. The number of ether oxygens (including phenoxy) is 1. The Morgan fingerprint density at radius 2 is 2.12 bits per heavy atom. The van der Waals surface area contributed by atoms with E-state index in [1.807, 2.05) is 35.7 Å². The van der Waals surface area contributed by atoms with Crippen molar-refractivity contribution in [2.75, 3.05) is 7.11 Å². The highest BCUT2D eigenvalue weighted by Gasteiger charge is 2.09. The zero-order valence-corrected chi connectivity index (χ0v) is 10.1. The van der Waals surface area contributed by atoms with Gasteiger partial charge in [-0.15, -0.1) is 11.3 Å². The van der Waals surface area contributed by atoms with Crippen LogP contribution in [0, 0.1) is 0 Å². The monoisotopic (exact) mass is 242 g/mol. The molecular weight excluding hydrogens is 232 g/mol. The Hall–Kier alpha value is -1.94. The van der Waals surface area contributed by atoms with Crippen molar-refractivity contribution < 1.29 is 4.74 Å². The lowest BCUT2D eigenvalue weighted by atomic mass is 10.2. The molecule has 0 aromatic carbocycles. The average molecular weight is 242 g/mol. The number of methoxy groups -OCH3 is 1. The Kier molecular flexibility index (Phi) is 2.49. The maximum absolute atomic E-state index is 5.39. The van der Waals surface area contributed by atoms with Gasteiger partial charge < -0.3 is 4.74 Å². The minimum Gasteiger partial charge on any atom is -0.495 e. The molecule has 0 aliphatic heterocycles. The van der Waals surface area contributed by atoms with Crippen molar-refractivity contribution in [3.05, 3.63) is 41.9 Å². The first-order valence-corrected chi connectivity index (χ1v) is 6.10. The van der Waals surface area contributed by atoms with Crippen molar-refractivity contribution in [2.24, 2.45) is 0 Å². The van der Waals surface area contributed by atoms with Gasteiger partial charge in [0.2, 0.25) is 0 Å². The summed E-state index contributed by atoms with van der Waals surface area (Å²) in [6, 6.07) is 9.72. The van der Waals surface area contributed by atoms with Gasteiger partial charge in [-0.05, 0) is 23.6 Å². The van der Waals surface area contributed by atoms with Crippen molar-refractivity contribution in [3.8, 4) is 17.1 Å². The zero-order chi connectivity index (χ0) is 11.7. The molecule has 3 nitrogen and oxygen atoms in total. The zero-order valence-electron chi connectivity index (χ0n) is 9.25. The van der Waals surface area contributed by atoms with Gasteiger partial charge in [0, 0.05) is 12.3 Å². The smallest absolute Gasteiger partial charge is 0.140 e. The molecule has 0 unspecified atom stereocenters. The van der Waals surface area contributed by atoms with E-state index in [-0.39, 0.29) is 0 Å². The predicted molar refractivity (Wildman–Crippen MR) is 69.4 cm³/mol. The second-order valence-electron chi connectivity index (χ2n) is 3.56. The second kappa shape index (κ2) is 4.14. The Morgan fingerprint density at radius 1 is 1.18 bits per heavy atom. The topological polar surface area (TPSA) is 35.0 Å². The van der Waals surface area contributed by atoms with Crippen molar-refractivity contribution in [1.29, 1.82) is 0 Å². The Balaban J connectivity index is 2.24.